The molecule has 6 nitrogen and oxygen atoms in total. The summed E-state index contributed by atoms with van der Waals surface area (Å²) in [6.45, 7) is 2.96. The molecule has 94 valence electrons. The molecule has 1 unspecified atom stereocenters. The Morgan fingerprint density at radius 1 is 1.76 bits per heavy atom. The summed E-state index contributed by atoms with van der Waals surface area (Å²) in [5.41, 5.74) is 5.55. The molecule has 1 aliphatic heterocycles. The Morgan fingerprint density at radius 3 is 3.35 bits per heavy atom. The van der Waals surface area contributed by atoms with E-state index < -0.39 is 0 Å². The maximum atomic E-state index is 11.7. The van der Waals surface area contributed by atoms with Crippen molar-refractivity contribution in [2.24, 2.45) is 5.73 Å². The van der Waals surface area contributed by atoms with Gasteiger partial charge in [0.25, 0.3) is 0 Å². The number of rotatable bonds is 4. The lowest BCUT2D eigenvalue weighted by molar-refractivity contribution is -0.119. The molecule has 0 radical (unpaired) electrons. The van der Waals surface area contributed by atoms with Crippen LogP contribution in [0.4, 0.5) is 5.13 Å². The van der Waals surface area contributed by atoms with Gasteiger partial charge in [0.1, 0.15) is 0 Å². The minimum atomic E-state index is -0.0439. The van der Waals surface area contributed by atoms with E-state index in [0.717, 1.165) is 6.54 Å². The Bertz CT molecular complexity index is 357. The predicted molar refractivity (Wildman–Crippen MR) is 66.0 cm³/mol. The standard InChI is InChI=1S/C10H16N4O2S/c11-5-8-6-14(2-3-16-8)7-9(15)13-10-12-1-4-17-10/h1,4,8H,2-3,5-7,11H2,(H,12,13,15). The molecule has 1 aliphatic rings. The molecular weight excluding hydrogens is 240 g/mol. The van der Waals surface area contributed by atoms with Crippen molar-refractivity contribution in [3.63, 3.8) is 0 Å². The largest absolute Gasteiger partial charge is 0.374 e. The average molecular weight is 256 g/mol. The monoisotopic (exact) mass is 256 g/mol. The lowest BCUT2D eigenvalue weighted by Crippen LogP contribution is -2.48. The van der Waals surface area contributed by atoms with Gasteiger partial charge in [-0.05, 0) is 0 Å². The van der Waals surface area contributed by atoms with Crippen molar-refractivity contribution in [1.82, 2.24) is 9.88 Å². The Labute approximate surface area is 104 Å². The van der Waals surface area contributed by atoms with Crippen molar-refractivity contribution in [2.75, 3.05) is 38.1 Å². The summed E-state index contributed by atoms with van der Waals surface area (Å²) in [6, 6.07) is 0. The van der Waals surface area contributed by atoms with Crippen LogP contribution in [0.5, 0.6) is 0 Å². The van der Waals surface area contributed by atoms with E-state index in [1.54, 1.807) is 6.20 Å². The summed E-state index contributed by atoms with van der Waals surface area (Å²) in [7, 11) is 0. The average Bonchev–Trinajstić information content (AvgIpc) is 2.82. The van der Waals surface area contributed by atoms with Gasteiger partial charge in [0.2, 0.25) is 5.91 Å². The lowest BCUT2D eigenvalue weighted by atomic mass is 10.2. The zero-order valence-electron chi connectivity index (χ0n) is 9.46. The van der Waals surface area contributed by atoms with Crippen LogP contribution in [0.25, 0.3) is 0 Å². The van der Waals surface area contributed by atoms with Gasteiger partial charge in [0, 0.05) is 31.2 Å². The maximum Gasteiger partial charge on any atom is 0.240 e. The second kappa shape index (κ2) is 6.06. The number of carbonyl (C=O) groups excluding carboxylic acids is 1. The van der Waals surface area contributed by atoms with Crippen LogP contribution in [0.15, 0.2) is 11.6 Å². The van der Waals surface area contributed by atoms with Crippen LogP contribution < -0.4 is 11.1 Å². The van der Waals surface area contributed by atoms with Crippen LogP contribution in [-0.2, 0) is 9.53 Å². The first-order valence-corrected chi connectivity index (χ1v) is 6.39. The molecule has 17 heavy (non-hydrogen) atoms. The van der Waals surface area contributed by atoms with E-state index in [9.17, 15) is 4.79 Å². The van der Waals surface area contributed by atoms with Gasteiger partial charge in [0.15, 0.2) is 5.13 Å². The minimum Gasteiger partial charge on any atom is -0.374 e. The van der Waals surface area contributed by atoms with Crippen molar-refractivity contribution >= 4 is 22.4 Å². The normalized spacial score (nSPS) is 21.4. The Balaban J connectivity index is 1.78. The number of morpholine rings is 1. The molecule has 0 spiro atoms. The van der Waals surface area contributed by atoms with Gasteiger partial charge in [0.05, 0.1) is 19.3 Å². The van der Waals surface area contributed by atoms with Crippen LogP contribution in [-0.4, -0.2) is 54.7 Å². The second-order valence-electron chi connectivity index (χ2n) is 3.85. The van der Waals surface area contributed by atoms with Crippen LogP contribution in [0.1, 0.15) is 0 Å². The van der Waals surface area contributed by atoms with Gasteiger partial charge >= 0.3 is 0 Å². The first-order valence-electron chi connectivity index (χ1n) is 5.51. The molecular formula is C10H16N4O2S. The number of hydrogen-bond acceptors (Lipinski definition) is 6. The van der Waals surface area contributed by atoms with E-state index in [0.29, 0.717) is 31.4 Å². The third kappa shape index (κ3) is 3.74. The van der Waals surface area contributed by atoms with Crippen LogP contribution in [0.2, 0.25) is 0 Å². The predicted octanol–water partition coefficient (Wildman–Crippen LogP) is -0.259. The zero-order valence-corrected chi connectivity index (χ0v) is 10.3. The van der Waals surface area contributed by atoms with Crippen LogP contribution in [0, 0.1) is 0 Å². The Kier molecular flexibility index (Phi) is 4.43. The fraction of sp³-hybridized carbons (Fsp3) is 0.600. The summed E-state index contributed by atoms with van der Waals surface area (Å²) in [5, 5.41) is 5.22. The Morgan fingerprint density at radius 2 is 2.65 bits per heavy atom. The fourth-order valence-corrected chi connectivity index (χ4v) is 2.26. The number of hydrogen-bond donors (Lipinski definition) is 2. The molecule has 2 rings (SSSR count). The van der Waals surface area contributed by atoms with Gasteiger partial charge in [-0.15, -0.1) is 11.3 Å². The van der Waals surface area contributed by atoms with Crippen molar-refractivity contribution < 1.29 is 9.53 Å². The van der Waals surface area contributed by atoms with Crippen molar-refractivity contribution in [2.45, 2.75) is 6.10 Å². The Hall–Kier alpha value is -1.02. The molecule has 1 aromatic heterocycles. The molecule has 3 N–H and O–H groups in total. The van der Waals surface area contributed by atoms with Crippen LogP contribution >= 0.6 is 11.3 Å². The minimum absolute atomic E-state index is 0.0383. The first kappa shape index (κ1) is 12.4. The quantitative estimate of drug-likeness (QED) is 0.776. The van der Waals surface area contributed by atoms with E-state index in [1.165, 1.54) is 11.3 Å². The topological polar surface area (TPSA) is 80.5 Å². The highest BCUT2D eigenvalue weighted by atomic mass is 32.1. The van der Waals surface area contributed by atoms with Gasteiger partial charge in [-0.2, -0.15) is 0 Å². The summed E-state index contributed by atoms with van der Waals surface area (Å²) in [4.78, 5) is 17.8. The highest BCUT2D eigenvalue weighted by Gasteiger charge is 2.21. The molecule has 1 amide bonds. The molecule has 1 atom stereocenters. The van der Waals surface area contributed by atoms with E-state index in [2.05, 4.69) is 10.3 Å². The second-order valence-corrected chi connectivity index (χ2v) is 4.74. The third-order valence-corrected chi connectivity index (χ3v) is 3.22. The molecule has 1 fully saturated rings. The van der Waals surface area contributed by atoms with Gasteiger partial charge in [-0.3, -0.25) is 9.69 Å². The summed E-state index contributed by atoms with van der Waals surface area (Å²) in [6.07, 6.45) is 1.70. The molecule has 2 heterocycles. The first-order chi connectivity index (χ1) is 8.28. The molecule has 0 bridgehead atoms. The van der Waals surface area contributed by atoms with E-state index in [-0.39, 0.29) is 12.0 Å². The molecule has 0 aromatic carbocycles. The van der Waals surface area contributed by atoms with Gasteiger partial charge in [-0.1, -0.05) is 0 Å². The number of amides is 1. The zero-order chi connectivity index (χ0) is 12.1. The number of thiazole rings is 1. The number of ether oxygens (including phenoxy) is 1. The summed E-state index contributed by atoms with van der Waals surface area (Å²) < 4.78 is 5.44. The smallest absolute Gasteiger partial charge is 0.240 e. The lowest BCUT2D eigenvalue weighted by Gasteiger charge is -2.31. The highest BCUT2D eigenvalue weighted by molar-refractivity contribution is 7.13. The number of nitrogens with zero attached hydrogens (tertiary/aromatic N) is 2. The third-order valence-electron chi connectivity index (χ3n) is 2.53. The van der Waals surface area contributed by atoms with Crippen molar-refractivity contribution in [1.29, 1.82) is 0 Å². The number of anilines is 1. The van der Waals surface area contributed by atoms with E-state index in [1.807, 2.05) is 10.3 Å². The number of nitrogens with two attached hydrogens (primary N) is 1. The van der Waals surface area contributed by atoms with Crippen molar-refractivity contribution in [3.8, 4) is 0 Å². The molecule has 0 saturated carbocycles. The molecule has 0 aliphatic carbocycles. The van der Waals surface area contributed by atoms with Crippen LogP contribution in [0.3, 0.4) is 0 Å². The number of aromatic nitrogens is 1. The van der Waals surface area contributed by atoms with Gasteiger partial charge < -0.3 is 15.8 Å². The maximum absolute atomic E-state index is 11.7. The van der Waals surface area contributed by atoms with Crippen molar-refractivity contribution in [3.05, 3.63) is 11.6 Å². The molecule has 1 saturated heterocycles. The fourth-order valence-electron chi connectivity index (χ4n) is 1.71. The summed E-state index contributed by atoms with van der Waals surface area (Å²) >= 11 is 1.41. The number of carbonyl (C=O) groups is 1. The molecule has 7 heteroatoms. The summed E-state index contributed by atoms with van der Waals surface area (Å²) in [5.74, 6) is -0.0439. The van der Waals surface area contributed by atoms with E-state index >= 15 is 0 Å². The number of nitrogens with one attached hydrogen (secondary N) is 1. The van der Waals surface area contributed by atoms with Gasteiger partial charge in [-0.25, -0.2) is 4.98 Å². The highest BCUT2D eigenvalue weighted by Crippen LogP contribution is 2.10. The SMILES string of the molecule is NCC1CN(CC(=O)Nc2nccs2)CCO1. The molecule has 1 aromatic rings. The van der Waals surface area contributed by atoms with E-state index in [4.69, 9.17) is 10.5 Å².